The van der Waals surface area contributed by atoms with Crippen LogP contribution in [0, 0.1) is 11.3 Å². The van der Waals surface area contributed by atoms with Crippen LogP contribution >= 0.6 is 11.6 Å². The lowest BCUT2D eigenvalue weighted by Gasteiger charge is -2.31. The number of nitrogens with one attached hydrogen (secondary N) is 1. The van der Waals surface area contributed by atoms with E-state index < -0.39 is 5.91 Å². The van der Waals surface area contributed by atoms with Crippen molar-refractivity contribution in [3.05, 3.63) is 46.6 Å². The summed E-state index contributed by atoms with van der Waals surface area (Å²) in [6.07, 6.45) is 2.35. The molecule has 1 aromatic rings. The van der Waals surface area contributed by atoms with Crippen molar-refractivity contribution >= 4 is 23.9 Å². The van der Waals surface area contributed by atoms with Gasteiger partial charge in [0.15, 0.2) is 0 Å². The second-order valence-electron chi connectivity index (χ2n) is 5.11. The van der Waals surface area contributed by atoms with Crippen molar-refractivity contribution in [1.82, 2.24) is 15.1 Å². The monoisotopic (exact) mass is 332 g/mol. The van der Waals surface area contributed by atoms with Crippen LogP contribution in [0.25, 0.3) is 0 Å². The molecule has 1 heterocycles. The summed E-state index contributed by atoms with van der Waals surface area (Å²) in [6, 6.07) is 9.13. The molecule has 6 nitrogen and oxygen atoms in total. The lowest BCUT2D eigenvalue weighted by atomic mass is 10.2. The standard InChI is InChI=1S/C16H17ClN4O2/c17-15-4-2-1-3-13(15)10-19-16(23)14(9-18)11-20-5-7-21(12-22)8-6-20/h1-4,11-12H,5-8,10H2,(H,19,23)/b14-11-. The van der Waals surface area contributed by atoms with Crippen LogP contribution in [0.2, 0.25) is 5.02 Å². The highest BCUT2D eigenvalue weighted by Gasteiger charge is 2.16. The molecule has 0 bridgehead atoms. The summed E-state index contributed by atoms with van der Waals surface area (Å²) in [5.74, 6) is -0.440. The Bertz CT molecular complexity index is 646. The van der Waals surface area contributed by atoms with Crippen molar-refractivity contribution < 1.29 is 9.59 Å². The number of hydrogen-bond acceptors (Lipinski definition) is 4. The molecule has 7 heteroatoms. The van der Waals surface area contributed by atoms with E-state index in [1.165, 1.54) is 0 Å². The van der Waals surface area contributed by atoms with Crippen LogP contribution < -0.4 is 5.32 Å². The minimum absolute atomic E-state index is 0.0385. The molecule has 1 aromatic carbocycles. The summed E-state index contributed by atoms with van der Waals surface area (Å²) in [7, 11) is 0. The number of amides is 2. The highest BCUT2D eigenvalue weighted by atomic mass is 35.5. The molecule has 0 radical (unpaired) electrons. The van der Waals surface area contributed by atoms with Crippen molar-refractivity contribution in [3.63, 3.8) is 0 Å². The number of halogens is 1. The van der Waals surface area contributed by atoms with E-state index in [1.54, 1.807) is 17.2 Å². The summed E-state index contributed by atoms with van der Waals surface area (Å²) < 4.78 is 0. The van der Waals surface area contributed by atoms with Crippen LogP contribution in [0.3, 0.4) is 0 Å². The minimum Gasteiger partial charge on any atom is -0.373 e. The second-order valence-corrected chi connectivity index (χ2v) is 5.51. The molecule has 0 saturated carbocycles. The Morgan fingerprint density at radius 3 is 2.52 bits per heavy atom. The highest BCUT2D eigenvalue weighted by Crippen LogP contribution is 2.14. The normalized spacial score (nSPS) is 15.0. The van der Waals surface area contributed by atoms with Crippen LogP contribution in [0.4, 0.5) is 0 Å². The van der Waals surface area contributed by atoms with Gasteiger partial charge >= 0.3 is 0 Å². The molecule has 0 aromatic heterocycles. The third kappa shape index (κ3) is 4.73. The molecule has 2 amide bonds. The predicted octanol–water partition coefficient (Wildman–Crippen LogP) is 1.14. The van der Waals surface area contributed by atoms with E-state index in [2.05, 4.69) is 5.32 Å². The first-order valence-corrected chi connectivity index (χ1v) is 7.58. The smallest absolute Gasteiger partial charge is 0.263 e. The number of carbonyl (C=O) groups is 2. The summed E-state index contributed by atoms with van der Waals surface area (Å²) in [4.78, 5) is 26.3. The maximum absolute atomic E-state index is 12.1. The Balaban J connectivity index is 1.94. The lowest BCUT2D eigenvalue weighted by Crippen LogP contribution is -2.43. The fourth-order valence-electron chi connectivity index (χ4n) is 2.21. The number of piperazine rings is 1. The average Bonchev–Trinajstić information content (AvgIpc) is 2.59. The average molecular weight is 333 g/mol. The van der Waals surface area contributed by atoms with E-state index in [4.69, 9.17) is 11.6 Å². The van der Waals surface area contributed by atoms with Crippen LogP contribution in [0.15, 0.2) is 36.0 Å². The van der Waals surface area contributed by atoms with Gasteiger partial charge < -0.3 is 15.1 Å². The molecule has 1 aliphatic heterocycles. The number of nitrogens with zero attached hydrogens (tertiary/aromatic N) is 3. The molecule has 1 fully saturated rings. The largest absolute Gasteiger partial charge is 0.373 e. The van der Waals surface area contributed by atoms with E-state index in [-0.39, 0.29) is 12.1 Å². The predicted molar refractivity (Wildman–Crippen MR) is 86.2 cm³/mol. The molecule has 0 aliphatic carbocycles. The van der Waals surface area contributed by atoms with Gasteiger partial charge in [-0.2, -0.15) is 5.26 Å². The molecule has 0 unspecified atom stereocenters. The Hall–Kier alpha value is -2.52. The van der Waals surface area contributed by atoms with Gasteiger partial charge in [-0.15, -0.1) is 0 Å². The van der Waals surface area contributed by atoms with Crippen molar-refractivity contribution in [3.8, 4) is 6.07 Å². The van der Waals surface area contributed by atoms with Crippen LogP contribution in [-0.4, -0.2) is 48.3 Å². The number of carbonyl (C=O) groups excluding carboxylic acids is 2. The zero-order valence-corrected chi connectivity index (χ0v) is 13.3. The second kappa shape index (κ2) is 8.20. The van der Waals surface area contributed by atoms with E-state index >= 15 is 0 Å². The molecule has 1 N–H and O–H groups in total. The highest BCUT2D eigenvalue weighted by molar-refractivity contribution is 6.31. The maximum Gasteiger partial charge on any atom is 0.263 e. The topological polar surface area (TPSA) is 76.4 Å². The third-order valence-corrected chi connectivity index (χ3v) is 3.94. The Morgan fingerprint density at radius 2 is 1.91 bits per heavy atom. The Kier molecular flexibility index (Phi) is 6.01. The molecular formula is C16H17ClN4O2. The summed E-state index contributed by atoms with van der Waals surface area (Å²) >= 11 is 6.03. The molecule has 0 spiro atoms. The first kappa shape index (κ1) is 16.8. The lowest BCUT2D eigenvalue weighted by molar-refractivity contribution is -0.119. The summed E-state index contributed by atoms with van der Waals surface area (Å²) in [5, 5.41) is 12.4. The van der Waals surface area contributed by atoms with Crippen LogP contribution in [0.5, 0.6) is 0 Å². The zero-order chi connectivity index (χ0) is 16.7. The zero-order valence-electron chi connectivity index (χ0n) is 12.5. The Morgan fingerprint density at radius 1 is 1.26 bits per heavy atom. The van der Waals surface area contributed by atoms with Crippen molar-refractivity contribution in [1.29, 1.82) is 5.26 Å². The molecule has 23 heavy (non-hydrogen) atoms. The molecular weight excluding hydrogens is 316 g/mol. The van der Waals surface area contributed by atoms with Gasteiger partial charge in [0.2, 0.25) is 6.41 Å². The third-order valence-electron chi connectivity index (χ3n) is 3.57. The molecule has 1 saturated heterocycles. The molecule has 120 valence electrons. The SMILES string of the molecule is N#C/C(=C/N1CCN(C=O)CC1)C(=O)NCc1ccccc1Cl. The number of nitriles is 1. The molecule has 2 rings (SSSR count). The number of rotatable bonds is 5. The van der Waals surface area contributed by atoms with E-state index in [1.807, 2.05) is 29.2 Å². The van der Waals surface area contributed by atoms with Gasteiger partial charge in [-0.05, 0) is 11.6 Å². The van der Waals surface area contributed by atoms with Crippen molar-refractivity contribution in [2.75, 3.05) is 26.2 Å². The van der Waals surface area contributed by atoms with Gasteiger partial charge in [0, 0.05) is 43.9 Å². The van der Waals surface area contributed by atoms with Crippen LogP contribution in [-0.2, 0) is 16.1 Å². The van der Waals surface area contributed by atoms with Crippen molar-refractivity contribution in [2.45, 2.75) is 6.54 Å². The van der Waals surface area contributed by atoms with E-state index in [0.29, 0.717) is 31.2 Å². The first-order valence-electron chi connectivity index (χ1n) is 7.21. The minimum atomic E-state index is -0.440. The fourth-order valence-corrected chi connectivity index (χ4v) is 2.41. The quantitative estimate of drug-likeness (QED) is 0.498. The van der Waals surface area contributed by atoms with Crippen molar-refractivity contribution in [2.24, 2.45) is 0 Å². The van der Waals surface area contributed by atoms with Gasteiger partial charge in [-0.1, -0.05) is 29.8 Å². The van der Waals surface area contributed by atoms with Gasteiger partial charge in [-0.3, -0.25) is 9.59 Å². The van der Waals surface area contributed by atoms with Gasteiger partial charge in [0.1, 0.15) is 11.6 Å². The maximum atomic E-state index is 12.1. The molecule has 1 aliphatic rings. The van der Waals surface area contributed by atoms with Gasteiger partial charge in [0.25, 0.3) is 5.91 Å². The molecule has 0 atom stereocenters. The van der Waals surface area contributed by atoms with E-state index in [0.717, 1.165) is 12.0 Å². The summed E-state index contributed by atoms with van der Waals surface area (Å²) in [5.41, 5.74) is 0.830. The number of benzene rings is 1. The first-order chi connectivity index (χ1) is 11.1. The van der Waals surface area contributed by atoms with Crippen LogP contribution in [0.1, 0.15) is 5.56 Å². The van der Waals surface area contributed by atoms with Gasteiger partial charge in [0.05, 0.1) is 0 Å². The fraction of sp³-hybridized carbons (Fsp3) is 0.312. The summed E-state index contributed by atoms with van der Waals surface area (Å²) in [6.45, 7) is 2.62. The Labute approximate surface area is 139 Å². The number of hydrogen-bond donors (Lipinski definition) is 1. The van der Waals surface area contributed by atoms with E-state index in [9.17, 15) is 14.9 Å². The van der Waals surface area contributed by atoms with Gasteiger partial charge in [-0.25, -0.2) is 0 Å².